The van der Waals surface area contributed by atoms with Crippen molar-refractivity contribution in [2.75, 3.05) is 11.5 Å². The van der Waals surface area contributed by atoms with E-state index in [0.717, 1.165) is 23.5 Å². The maximum atomic E-state index is 12.6. The Morgan fingerprint density at radius 2 is 2.00 bits per heavy atom. The molecule has 1 nitrogen and oxygen atoms in total. The van der Waals surface area contributed by atoms with Crippen LogP contribution in [0.4, 0.5) is 4.39 Å². The van der Waals surface area contributed by atoms with Gasteiger partial charge in [0.25, 0.3) is 0 Å². The smallest absolute Gasteiger partial charge is 0.123 e. The van der Waals surface area contributed by atoms with Crippen LogP contribution in [0, 0.1) is 5.82 Å². The van der Waals surface area contributed by atoms with E-state index in [-0.39, 0.29) is 5.82 Å². The highest BCUT2D eigenvalue weighted by molar-refractivity contribution is 7.99. The van der Waals surface area contributed by atoms with E-state index in [2.05, 4.69) is 0 Å². The van der Waals surface area contributed by atoms with Crippen LogP contribution in [0.1, 0.15) is 12.0 Å². The zero-order valence-electron chi connectivity index (χ0n) is 7.16. The molecule has 1 aromatic carbocycles. The van der Waals surface area contributed by atoms with E-state index in [1.807, 2.05) is 0 Å². The summed E-state index contributed by atoms with van der Waals surface area (Å²) in [5.41, 5.74) is 0.108. The van der Waals surface area contributed by atoms with Crippen molar-refractivity contribution in [2.24, 2.45) is 0 Å². The molecule has 0 amide bonds. The van der Waals surface area contributed by atoms with Crippen LogP contribution in [-0.2, 0) is 5.60 Å². The molecule has 0 radical (unpaired) electrons. The molecule has 13 heavy (non-hydrogen) atoms. The van der Waals surface area contributed by atoms with Gasteiger partial charge in [-0.25, -0.2) is 4.39 Å². The lowest BCUT2D eigenvalue weighted by atomic mass is 9.93. The second-order valence-electron chi connectivity index (χ2n) is 3.34. The quantitative estimate of drug-likeness (QED) is 0.746. The molecule has 0 bridgehead atoms. The van der Waals surface area contributed by atoms with Crippen molar-refractivity contribution in [2.45, 2.75) is 12.0 Å². The highest BCUT2D eigenvalue weighted by Gasteiger charge is 2.33. The average Bonchev–Trinajstić information content (AvgIpc) is 2.54. The maximum absolute atomic E-state index is 12.6. The average molecular weight is 198 g/mol. The molecule has 1 N–H and O–H groups in total. The first-order valence-corrected chi connectivity index (χ1v) is 5.42. The van der Waals surface area contributed by atoms with Crippen molar-refractivity contribution in [3.05, 3.63) is 35.6 Å². The molecule has 3 heteroatoms. The summed E-state index contributed by atoms with van der Waals surface area (Å²) in [6.45, 7) is 0. The number of hydrogen-bond donors (Lipinski definition) is 1. The van der Waals surface area contributed by atoms with Crippen LogP contribution in [0.2, 0.25) is 0 Å². The minimum atomic E-state index is -0.724. The topological polar surface area (TPSA) is 20.2 Å². The number of aliphatic hydroxyl groups is 1. The van der Waals surface area contributed by atoms with Crippen LogP contribution < -0.4 is 0 Å². The molecule has 70 valence electrons. The third kappa shape index (κ3) is 1.71. The summed E-state index contributed by atoms with van der Waals surface area (Å²) < 4.78 is 12.6. The van der Waals surface area contributed by atoms with E-state index in [9.17, 15) is 9.50 Å². The van der Waals surface area contributed by atoms with Crippen LogP contribution in [0.3, 0.4) is 0 Å². The van der Waals surface area contributed by atoms with Crippen LogP contribution in [0.5, 0.6) is 0 Å². The Morgan fingerprint density at radius 3 is 2.54 bits per heavy atom. The maximum Gasteiger partial charge on any atom is 0.123 e. The Balaban J connectivity index is 2.29. The summed E-state index contributed by atoms with van der Waals surface area (Å²) in [4.78, 5) is 0. The molecule has 2 rings (SSSR count). The zero-order valence-corrected chi connectivity index (χ0v) is 7.98. The van der Waals surface area contributed by atoms with Gasteiger partial charge < -0.3 is 5.11 Å². The van der Waals surface area contributed by atoms with Gasteiger partial charge in [0, 0.05) is 5.75 Å². The molecule has 1 saturated heterocycles. The summed E-state index contributed by atoms with van der Waals surface area (Å²) in [6, 6.07) is 6.13. The van der Waals surface area contributed by atoms with Gasteiger partial charge in [0.15, 0.2) is 0 Å². The first-order chi connectivity index (χ1) is 6.21. The van der Waals surface area contributed by atoms with Gasteiger partial charge in [0.1, 0.15) is 5.82 Å². The second kappa shape index (κ2) is 3.31. The summed E-state index contributed by atoms with van der Waals surface area (Å²) in [7, 11) is 0. The van der Waals surface area contributed by atoms with E-state index in [0.29, 0.717) is 0 Å². The van der Waals surface area contributed by atoms with Crippen molar-refractivity contribution in [3.63, 3.8) is 0 Å². The fourth-order valence-electron chi connectivity index (χ4n) is 1.54. The summed E-state index contributed by atoms with van der Waals surface area (Å²) in [5, 5.41) is 10.1. The lowest BCUT2D eigenvalue weighted by molar-refractivity contribution is 0.0657. The molecule has 0 saturated carbocycles. The molecule has 0 spiro atoms. The normalized spacial score (nSPS) is 27.8. The Hall–Kier alpha value is -0.540. The van der Waals surface area contributed by atoms with E-state index in [1.165, 1.54) is 12.1 Å². The molecular formula is C10H11FOS. The van der Waals surface area contributed by atoms with E-state index in [1.54, 1.807) is 23.9 Å². The van der Waals surface area contributed by atoms with Crippen molar-refractivity contribution >= 4 is 11.8 Å². The molecule has 0 aromatic heterocycles. The molecule has 1 aliphatic rings. The molecular weight excluding hydrogens is 187 g/mol. The minimum Gasteiger partial charge on any atom is -0.384 e. The van der Waals surface area contributed by atoms with Gasteiger partial charge in [-0.15, -0.1) is 0 Å². The lowest BCUT2D eigenvalue weighted by Crippen LogP contribution is -2.24. The predicted octanol–water partition coefficient (Wildman–Crippen LogP) is 2.15. The minimum absolute atomic E-state index is 0.252. The molecule has 0 aliphatic carbocycles. The van der Waals surface area contributed by atoms with Crippen LogP contribution in [0.15, 0.2) is 24.3 Å². The number of rotatable bonds is 1. The van der Waals surface area contributed by atoms with Crippen LogP contribution in [0.25, 0.3) is 0 Å². The fraction of sp³-hybridized carbons (Fsp3) is 0.400. The van der Waals surface area contributed by atoms with Crippen molar-refractivity contribution in [1.29, 1.82) is 0 Å². The molecule has 1 heterocycles. The predicted molar refractivity (Wildman–Crippen MR) is 52.2 cm³/mol. The van der Waals surface area contributed by atoms with Crippen molar-refractivity contribution in [3.8, 4) is 0 Å². The number of hydrogen-bond acceptors (Lipinski definition) is 2. The Morgan fingerprint density at radius 1 is 1.31 bits per heavy atom. The van der Waals surface area contributed by atoms with Crippen LogP contribution in [-0.4, -0.2) is 16.6 Å². The van der Waals surface area contributed by atoms with Gasteiger partial charge in [-0.3, -0.25) is 0 Å². The van der Waals surface area contributed by atoms with E-state index >= 15 is 0 Å². The zero-order chi connectivity index (χ0) is 9.31. The molecule has 1 atom stereocenters. The molecule has 1 unspecified atom stereocenters. The fourth-order valence-corrected chi connectivity index (χ4v) is 2.82. The Bertz CT molecular complexity index is 290. The van der Waals surface area contributed by atoms with Crippen molar-refractivity contribution in [1.82, 2.24) is 0 Å². The first-order valence-electron chi connectivity index (χ1n) is 4.27. The Kier molecular flexibility index (Phi) is 2.30. The van der Waals surface area contributed by atoms with E-state index < -0.39 is 5.60 Å². The second-order valence-corrected chi connectivity index (χ2v) is 4.45. The monoisotopic (exact) mass is 198 g/mol. The van der Waals surface area contributed by atoms with Gasteiger partial charge >= 0.3 is 0 Å². The third-order valence-corrected chi connectivity index (χ3v) is 3.56. The SMILES string of the molecule is OC1(c2ccc(F)cc2)CCSC1. The number of thioether (sulfide) groups is 1. The third-order valence-electron chi connectivity index (χ3n) is 2.38. The highest BCUT2D eigenvalue weighted by atomic mass is 32.2. The summed E-state index contributed by atoms with van der Waals surface area (Å²) >= 11 is 1.74. The number of halogens is 1. The standard InChI is InChI=1S/C10H11FOS/c11-9-3-1-8(2-4-9)10(12)5-6-13-7-10/h1-4,12H,5-7H2. The Labute approximate surface area is 81.0 Å². The number of benzene rings is 1. The first kappa shape index (κ1) is 9.03. The molecule has 1 aromatic rings. The van der Waals surface area contributed by atoms with Gasteiger partial charge in [0.05, 0.1) is 5.60 Å². The van der Waals surface area contributed by atoms with Crippen LogP contribution >= 0.6 is 11.8 Å². The molecule has 1 aliphatic heterocycles. The van der Waals surface area contributed by atoms with Crippen molar-refractivity contribution < 1.29 is 9.50 Å². The van der Waals surface area contributed by atoms with Gasteiger partial charge in [0.2, 0.25) is 0 Å². The summed E-state index contributed by atoms with van der Waals surface area (Å²) in [6.07, 6.45) is 0.767. The largest absolute Gasteiger partial charge is 0.384 e. The van der Waals surface area contributed by atoms with Gasteiger partial charge in [-0.05, 0) is 29.9 Å². The summed E-state index contributed by atoms with van der Waals surface area (Å²) in [5.74, 6) is 1.45. The van der Waals surface area contributed by atoms with Gasteiger partial charge in [-0.2, -0.15) is 11.8 Å². The van der Waals surface area contributed by atoms with E-state index in [4.69, 9.17) is 0 Å². The van der Waals surface area contributed by atoms with Gasteiger partial charge in [-0.1, -0.05) is 12.1 Å². The molecule has 1 fully saturated rings. The lowest BCUT2D eigenvalue weighted by Gasteiger charge is -2.21. The highest BCUT2D eigenvalue weighted by Crippen LogP contribution is 2.36.